The molecule has 0 spiro atoms. The molecule has 0 aliphatic heterocycles. The summed E-state index contributed by atoms with van der Waals surface area (Å²) >= 11 is 0. The van der Waals surface area contributed by atoms with Gasteiger partial charge in [-0.2, -0.15) is 0 Å². The van der Waals surface area contributed by atoms with Crippen LogP contribution >= 0.6 is 0 Å². The third-order valence-corrected chi connectivity index (χ3v) is 2.99. The summed E-state index contributed by atoms with van der Waals surface area (Å²) in [6, 6.07) is 8.58. The Morgan fingerprint density at radius 2 is 1.83 bits per heavy atom. The summed E-state index contributed by atoms with van der Waals surface area (Å²) in [5.74, 6) is -1.23. The average molecular weight is 319 g/mol. The van der Waals surface area contributed by atoms with Crippen LogP contribution in [-0.2, 0) is 14.3 Å². The second-order valence-corrected chi connectivity index (χ2v) is 4.54. The smallest absolute Gasteiger partial charge is 0.375 e. The maximum absolute atomic E-state index is 11.9. The zero-order valence-electron chi connectivity index (χ0n) is 12.3. The van der Waals surface area contributed by atoms with Crippen molar-refractivity contribution in [1.29, 1.82) is 0 Å². The number of furan rings is 1. The molecule has 2 rings (SSSR count). The van der Waals surface area contributed by atoms with Crippen LogP contribution in [0.3, 0.4) is 0 Å². The minimum Gasteiger partial charge on any atom is -0.466 e. The Morgan fingerprint density at radius 1 is 1.17 bits per heavy atom. The Bertz CT molecular complexity index is 733. The lowest BCUT2D eigenvalue weighted by molar-refractivity contribution is -0.384. The molecule has 0 aliphatic carbocycles. The molecule has 0 saturated heterocycles. The minimum absolute atomic E-state index is 0.0492. The second kappa shape index (κ2) is 6.73. The van der Waals surface area contributed by atoms with E-state index >= 15 is 0 Å². The number of carbonyl (C=O) groups is 2. The SMILES string of the molecule is COC(=O)[C@H](C)OC(=O)c1ccc(-c2ccc([N+](=O)[O-])cc2)o1. The van der Waals surface area contributed by atoms with E-state index in [1.807, 2.05) is 0 Å². The van der Waals surface area contributed by atoms with Gasteiger partial charge in [-0.3, -0.25) is 10.1 Å². The van der Waals surface area contributed by atoms with Crippen molar-refractivity contribution in [1.82, 2.24) is 0 Å². The van der Waals surface area contributed by atoms with E-state index in [9.17, 15) is 19.7 Å². The molecular formula is C15H13NO7. The van der Waals surface area contributed by atoms with E-state index in [1.54, 1.807) is 0 Å². The van der Waals surface area contributed by atoms with Crippen LogP contribution in [0.2, 0.25) is 0 Å². The third-order valence-electron chi connectivity index (χ3n) is 2.99. The Morgan fingerprint density at radius 3 is 2.39 bits per heavy atom. The third kappa shape index (κ3) is 3.73. The van der Waals surface area contributed by atoms with Crippen molar-refractivity contribution < 1.29 is 28.4 Å². The highest BCUT2D eigenvalue weighted by Gasteiger charge is 2.21. The van der Waals surface area contributed by atoms with Gasteiger partial charge in [-0.25, -0.2) is 9.59 Å². The van der Waals surface area contributed by atoms with Gasteiger partial charge in [0.25, 0.3) is 5.69 Å². The first-order chi connectivity index (χ1) is 10.9. The van der Waals surface area contributed by atoms with Gasteiger partial charge in [-0.05, 0) is 31.2 Å². The van der Waals surface area contributed by atoms with Crippen LogP contribution in [0.25, 0.3) is 11.3 Å². The molecule has 1 aromatic heterocycles. The van der Waals surface area contributed by atoms with Crippen LogP contribution in [0, 0.1) is 10.1 Å². The fourth-order valence-electron chi connectivity index (χ4n) is 1.78. The van der Waals surface area contributed by atoms with Crippen LogP contribution in [0.15, 0.2) is 40.8 Å². The number of esters is 2. The molecule has 8 nitrogen and oxygen atoms in total. The van der Waals surface area contributed by atoms with Crippen molar-refractivity contribution >= 4 is 17.6 Å². The summed E-state index contributed by atoms with van der Waals surface area (Å²) < 4.78 is 14.7. The Kier molecular flexibility index (Phi) is 4.75. The molecule has 0 fully saturated rings. The summed E-state index contributed by atoms with van der Waals surface area (Å²) in [4.78, 5) is 33.2. The van der Waals surface area contributed by atoms with Crippen LogP contribution in [0.4, 0.5) is 5.69 Å². The van der Waals surface area contributed by atoms with E-state index in [0.29, 0.717) is 11.3 Å². The molecule has 0 aliphatic rings. The first-order valence-corrected chi connectivity index (χ1v) is 6.56. The van der Waals surface area contributed by atoms with Crippen molar-refractivity contribution in [3.8, 4) is 11.3 Å². The monoisotopic (exact) mass is 319 g/mol. The molecule has 1 heterocycles. The van der Waals surface area contributed by atoms with Gasteiger partial charge in [0, 0.05) is 17.7 Å². The number of nitro groups is 1. The quantitative estimate of drug-likeness (QED) is 0.473. The predicted octanol–water partition coefficient (Wildman–Crippen LogP) is 2.57. The van der Waals surface area contributed by atoms with Crippen molar-refractivity contribution in [3.05, 3.63) is 52.3 Å². The summed E-state index contributed by atoms with van der Waals surface area (Å²) in [5.41, 5.74) is 0.516. The van der Waals surface area contributed by atoms with Crippen LogP contribution in [-0.4, -0.2) is 30.1 Å². The average Bonchev–Trinajstić information content (AvgIpc) is 3.04. The Balaban J connectivity index is 2.12. The van der Waals surface area contributed by atoms with E-state index in [0.717, 1.165) is 0 Å². The molecule has 0 radical (unpaired) electrons. The molecule has 23 heavy (non-hydrogen) atoms. The molecule has 2 aromatic rings. The molecule has 0 unspecified atom stereocenters. The second-order valence-electron chi connectivity index (χ2n) is 4.54. The number of hydrogen-bond donors (Lipinski definition) is 0. The molecule has 0 saturated carbocycles. The summed E-state index contributed by atoms with van der Waals surface area (Å²) in [6.07, 6.45) is -1.06. The molecule has 8 heteroatoms. The van der Waals surface area contributed by atoms with E-state index in [4.69, 9.17) is 9.15 Å². The number of ether oxygens (including phenoxy) is 2. The van der Waals surface area contributed by atoms with Gasteiger partial charge in [-0.15, -0.1) is 0 Å². The van der Waals surface area contributed by atoms with Crippen LogP contribution in [0.5, 0.6) is 0 Å². The largest absolute Gasteiger partial charge is 0.466 e. The van der Waals surface area contributed by atoms with E-state index in [-0.39, 0.29) is 11.4 Å². The molecule has 0 amide bonds. The van der Waals surface area contributed by atoms with Gasteiger partial charge in [0.2, 0.25) is 5.76 Å². The fraction of sp³-hybridized carbons (Fsp3) is 0.200. The van der Waals surface area contributed by atoms with E-state index < -0.39 is 23.0 Å². The Labute approximate surface area is 130 Å². The molecule has 120 valence electrons. The predicted molar refractivity (Wildman–Crippen MR) is 77.7 cm³/mol. The summed E-state index contributed by atoms with van der Waals surface area (Å²) in [6.45, 7) is 1.38. The summed E-state index contributed by atoms with van der Waals surface area (Å²) in [7, 11) is 1.19. The van der Waals surface area contributed by atoms with Crippen LogP contribution < -0.4 is 0 Å². The zero-order valence-corrected chi connectivity index (χ0v) is 12.3. The first kappa shape index (κ1) is 16.2. The lowest BCUT2D eigenvalue weighted by Gasteiger charge is -2.09. The summed E-state index contributed by atoms with van der Waals surface area (Å²) in [5, 5.41) is 10.6. The number of carbonyl (C=O) groups excluding carboxylic acids is 2. The van der Waals surface area contributed by atoms with Crippen LogP contribution in [0.1, 0.15) is 17.5 Å². The molecule has 1 aromatic carbocycles. The normalized spacial score (nSPS) is 11.6. The van der Waals surface area contributed by atoms with Gasteiger partial charge < -0.3 is 13.9 Å². The lowest BCUT2D eigenvalue weighted by Crippen LogP contribution is -2.25. The number of nitrogens with zero attached hydrogens (tertiary/aromatic N) is 1. The highest BCUT2D eigenvalue weighted by atomic mass is 16.6. The number of non-ortho nitro benzene ring substituents is 1. The first-order valence-electron chi connectivity index (χ1n) is 6.56. The lowest BCUT2D eigenvalue weighted by atomic mass is 10.1. The van der Waals surface area contributed by atoms with Gasteiger partial charge in [-0.1, -0.05) is 0 Å². The number of benzene rings is 1. The zero-order chi connectivity index (χ0) is 17.0. The number of nitro benzene ring substituents is 1. The number of methoxy groups -OCH3 is 1. The topological polar surface area (TPSA) is 109 Å². The van der Waals surface area contributed by atoms with Gasteiger partial charge in [0.15, 0.2) is 6.10 Å². The van der Waals surface area contributed by atoms with Crippen molar-refractivity contribution in [2.45, 2.75) is 13.0 Å². The number of rotatable bonds is 5. The standard InChI is InChI=1S/C15H13NO7/c1-9(14(17)21-2)22-15(18)13-8-7-12(23-13)10-3-5-11(6-4-10)16(19)20/h3-9H,1-2H3/t9-/m0/s1. The molecule has 0 N–H and O–H groups in total. The van der Waals surface area contributed by atoms with Crippen molar-refractivity contribution in [2.75, 3.05) is 7.11 Å². The van der Waals surface area contributed by atoms with Crippen molar-refractivity contribution in [3.63, 3.8) is 0 Å². The molecule has 1 atom stereocenters. The number of hydrogen-bond acceptors (Lipinski definition) is 7. The maximum Gasteiger partial charge on any atom is 0.375 e. The van der Waals surface area contributed by atoms with Crippen molar-refractivity contribution in [2.24, 2.45) is 0 Å². The minimum atomic E-state index is -1.06. The van der Waals surface area contributed by atoms with Gasteiger partial charge >= 0.3 is 11.9 Å². The van der Waals surface area contributed by atoms with E-state index in [2.05, 4.69) is 4.74 Å². The maximum atomic E-state index is 11.9. The highest BCUT2D eigenvalue weighted by molar-refractivity contribution is 5.89. The van der Waals surface area contributed by atoms with E-state index in [1.165, 1.54) is 50.4 Å². The highest BCUT2D eigenvalue weighted by Crippen LogP contribution is 2.25. The van der Waals surface area contributed by atoms with Gasteiger partial charge in [0.1, 0.15) is 5.76 Å². The fourth-order valence-corrected chi connectivity index (χ4v) is 1.78. The van der Waals surface area contributed by atoms with Gasteiger partial charge in [0.05, 0.1) is 12.0 Å². The Hall–Kier alpha value is -3.16. The molecule has 0 bridgehead atoms. The molecular weight excluding hydrogens is 306 g/mol.